The second kappa shape index (κ2) is 5.28. The van der Waals surface area contributed by atoms with Gasteiger partial charge in [-0.2, -0.15) is 5.26 Å². The highest BCUT2D eigenvalue weighted by Crippen LogP contribution is 2.30. The average Bonchev–Trinajstić information content (AvgIpc) is 2.46. The Kier molecular flexibility index (Phi) is 3.53. The van der Waals surface area contributed by atoms with E-state index < -0.39 is 11.5 Å². The summed E-state index contributed by atoms with van der Waals surface area (Å²) in [5.74, 6) is -0.811. The molecule has 0 saturated carbocycles. The van der Waals surface area contributed by atoms with Gasteiger partial charge in [0.2, 0.25) is 0 Å². The Bertz CT molecular complexity index is 771. The van der Waals surface area contributed by atoms with Crippen molar-refractivity contribution in [3.63, 3.8) is 0 Å². The summed E-state index contributed by atoms with van der Waals surface area (Å²) in [4.78, 5) is 25.4. The predicted molar refractivity (Wildman–Crippen MR) is 70.7 cm³/mol. The molecule has 2 rings (SSSR count). The van der Waals surface area contributed by atoms with Crippen LogP contribution in [0.25, 0.3) is 11.3 Å². The third kappa shape index (κ3) is 2.24. The fourth-order valence-electron chi connectivity index (χ4n) is 1.85. The first-order valence-electron chi connectivity index (χ1n) is 5.62. The average molecular weight is 270 g/mol. The number of ether oxygens (including phenoxy) is 1. The molecule has 0 bridgehead atoms. The molecule has 2 N–H and O–H groups in total. The Morgan fingerprint density at radius 2 is 2.10 bits per heavy atom. The fourth-order valence-corrected chi connectivity index (χ4v) is 1.85. The number of aromatic nitrogens is 1. The van der Waals surface area contributed by atoms with Crippen LogP contribution in [0, 0.1) is 11.3 Å². The molecule has 0 aliphatic rings. The number of aromatic carboxylic acids is 1. The number of nitriles is 1. The van der Waals surface area contributed by atoms with E-state index in [0.29, 0.717) is 11.3 Å². The molecule has 0 aliphatic heterocycles. The molecule has 6 heteroatoms. The third-order valence-corrected chi connectivity index (χ3v) is 2.77. The zero-order valence-electron chi connectivity index (χ0n) is 10.5. The van der Waals surface area contributed by atoms with Gasteiger partial charge in [0.1, 0.15) is 17.4 Å². The molecule has 100 valence electrons. The maximum absolute atomic E-state index is 11.7. The second-order valence-corrected chi connectivity index (χ2v) is 3.92. The Labute approximate surface area is 113 Å². The maximum Gasteiger partial charge on any atom is 0.337 e. The lowest BCUT2D eigenvalue weighted by atomic mass is 10.0. The molecular formula is C14H10N2O4. The summed E-state index contributed by atoms with van der Waals surface area (Å²) in [6.07, 6.45) is 0. The molecule has 1 aromatic carbocycles. The monoisotopic (exact) mass is 270 g/mol. The zero-order valence-corrected chi connectivity index (χ0v) is 10.5. The van der Waals surface area contributed by atoms with E-state index in [9.17, 15) is 14.7 Å². The van der Waals surface area contributed by atoms with Crippen LogP contribution in [0.2, 0.25) is 0 Å². The molecule has 2 aromatic rings. The number of rotatable bonds is 3. The Balaban J connectivity index is 2.80. The molecule has 0 radical (unpaired) electrons. The maximum atomic E-state index is 11.7. The molecule has 0 amide bonds. The largest absolute Gasteiger partial charge is 0.496 e. The minimum atomic E-state index is -1.24. The number of hydrogen-bond donors (Lipinski definition) is 2. The first-order valence-corrected chi connectivity index (χ1v) is 5.62. The number of H-pyrrole nitrogens is 1. The number of para-hydroxylation sites is 1. The number of carbonyl (C=O) groups is 1. The third-order valence-electron chi connectivity index (χ3n) is 2.77. The van der Waals surface area contributed by atoms with Gasteiger partial charge in [0.25, 0.3) is 5.56 Å². The molecule has 1 heterocycles. The van der Waals surface area contributed by atoms with E-state index in [-0.39, 0.29) is 16.8 Å². The smallest absolute Gasteiger partial charge is 0.337 e. The summed E-state index contributed by atoms with van der Waals surface area (Å²) >= 11 is 0. The van der Waals surface area contributed by atoms with Gasteiger partial charge >= 0.3 is 5.97 Å². The van der Waals surface area contributed by atoms with E-state index in [1.54, 1.807) is 30.3 Å². The van der Waals surface area contributed by atoms with Crippen LogP contribution in [-0.2, 0) is 0 Å². The predicted octanol–water partition coefficient (Wildman–Crippen LogP) is 1.62. The first kappa shape index (κ1) is 13.4. The molecule has 6 nitrogen and oxygen atoms in total. The van der Waals surface area contributed by atoms with Crippen LogP contribution in [0.1, 0.15) is 15.9 Å². The fraction of sp³-hybridized carbons (Fsp3) is 0.0714. The van der Waals surface area contributed by atoms with Gasteiger partial charge in [-0.15, -0.1) is 0 Å². The quantitative estimate of drug-likeness (QED) is 0.882. The van der Waals surface area contributed by atoms with Crippen LogP contribution in [0.5, 0.6) is 5.75 Å². The van der Waals surface area contributed by atoms with E-state index in [0.717, 1.165) is 6.07 Å². The lowest BCUT2D eigenvalue weighted by molar-refractivity contribution is 0.0697. The standard InChI is InChI=1S/C14H10N2O4/c1-20-11-5-3-2-4-9(11)12-10(14(18)19)6-8(7-15)13(17)16-12/h2-6H,1H3,(H,16,17)(H,18,19). The van der Waals surface area contributed by atoms with Crippen molar-refractivity contribution in [2.24, 2.45) is 0 Å². The molecule has 0 fully saturated rings. The minimum Gasteiger partial charge on any atom is -0.496 e. The van der Waals surface area contributed by atoms with Crippen LogP contribution >= 0.6 is 0 Å². The second-order valence-electron chi connectivity index (χ2n) is 3.92. The van der Waals surface area contributed by atoms with Crippen LogP contribution in [0.15, 0.2) is 35.1 Å². The number of carboxylic acid groups (broad SMARTS) is 1. The van der Waals surface area contributed by atoms with Crippen molar-refractivity contribution in [3.8, 4) is 23.1 Å². The molecule has 0 spiro atoms. The Morgan fingerprint density at radius 3 is 2.70 bits per heavy atom. The van der Waals surface area contributed by atoms with Gasteiger partial charge in [-0.3, -0.25) is 4.79 Å². The summed E-state index contributed by atoms with van der Waals surface area (Å²) in [6.45, 7) is 0. The highest BCUT2D eigenvalue weighted by atomic mass is 16.5. The van der Waals surface area contributed by atoms with Crippen molar-refractivity contribution < 1.29 is 14.6 Å². The van der Waals surface area contributed by atoms with Crippen LogP contribution in [0.4, 0.5) is 0 Å². The van der Waals surface area contributed by atoms with Gasteiger partial charge in [-0.05, 0) is 18.2 Å². The van der Waals surface area contributed by atoms with Crippen LogP contribution in [0.3, 0.4) is 0 Å². The van der Waals surface area contributed by atoms with Crippen molar-refractivity contribution >= 4 is 5.97 Å². The lowest BCUT2D eigenvalue weighted by Crippen LogP contribution is -2.15. The van der Waals surface area contributed by atoms with Crippen molar-refractivity contribution in [1.29, 1.82) is 5.26 Å². The van der Waals surface area contributed by atoms with E-state index in [4.69, 9.17) is 10.00 Å². The van der Waals surface area contributed by atoms with Crippen molar-refractivity contribution in [1.82, 2.24) is 4.98 Å². The molecular weight excluding hydrogens is 260 g/mol. The Morgan fingerprint density at radius 1 is 1.40 bits per heavy atom. The van der Waals surface area contributed by atoms with Gasteiger partial charge in [-0.1, -0.05) is 12.1 Å². The number of methoxy groups -OCH3 is 1. The van der Waals surface area contributed by atoms with Gasteiger partial charge in [0.15, 0.2) is 0 Å². The molecule has 1 aromatic heterocycles. The summed E-state index contributed by atoms with van der Waals surface area (Å²) < 4.78 is 5.15. The number of nitrogens with one attached hydrogen (secondary N) is 1. The summed E-state index contributed by atoms with van der Waals surface area (Å²) in [6, 6.07) is 9.42. The summed E-state index contributed by atoms with van der Waals surface area (Å²) in [7, 11) is 1.45. The molecule has 20 heavy (non-hydrogen) atoms. The Hall–Kier alpha value is -3.07. The molecule has 0 unspecified atom stereocenters. The SMILES string of the molecule is COc1ccccc1-c1[nH]c(=O)c(C#N)cc1C(=O)O. The van der Waals surface area contributed by atoms with Crippen molar-refractivity contribution in [2.45, 2.75) is 0 Å². The summed E-state index contributed by atoms with van der Waals surface area (Å²) in [5, 5.41) is 18.0. The molecule has 0 atom stereocenters. The normalized spacial score (nSPS) is 9.80. The van der Waals surface area contributed by atoms with E-state index >= 15 is 0 Å². The van der Waals surface area contributed by atoms with Crippen molar-refractivity contribution in [3.05, 3.63) is 51.8 Å². The van der Waals surface area contributed by atoms with Gasteiger partial charge in [-0.25, -0.2) is 4.79 Å². The van der Waals surface area contributed by atoms with E-state index in [2.05, 4.69) is 4.98 Å². The number of pyridine rings is 1. The topological polar surface area (TPSA) is 103 Å². The number of carboxylic acids is 1. The highest BCUT2D eigenvalue weighted by molar-refractivity contribution is 5.96. The van der Waals surface area contributed by atoms with Gasteiger partial charge < -0.3 is 14.8 Å². The van der Waals surface area contributed by atoms with Gasteiger partial charge in [0, 0.05) is 5.56 Å². The van der Waals surface area contributed by atoms with Gasteiger partial charge in [0.05, 0.1) is 18.4 Å². The highest BCUT2D eigenvalue weighted by Gasteiger charge is 2.18. The van der Waals surface area contributed by atoms with Crippen LogP contribution in [-0.4, -0.2) is 23.2 Å². The van der Waals surface area contributed by atoms with E-state index in [1.165, 1.54) is 7.11 Å². The summed E-state index contributed by atoms with van der Waals surface area (Å²) in [5.41, 5.74) is -0.502. The number of benzene rings is 1. The minimum absolute atomic E-state index is 0.110. The van der Waals surface area contributed by atoms with Crippen LogP contribution < -0.4 is 10.3 Å². The molecule has 0 aliphatic carbocycles. The van der Waals surface area contributed by atoms with Crippen molar-refractivity contribution in [2.75, 3.05) is 7.11 Å². The zero-order chi connectivity index (χ0) is 14.7. The number of hydrogen-bond acceptors (Lipinski definition) is 4. The number of nitrogens with zero attached hydrogens (tertiary/aromatic N) is 1. The number of aromatic amines is 1. The molecule has 0 saturated heterocycles. The first-order chi connectivity index (χ1) is 9.58. The lowest BCUT2D eigenvalue weighted by Gasteiger charge is -2.10. The van der Waals surface area contributed by atoms with E-state index in [1.807, 2.05) is 0 Å².